The number of ether oxygens (including phenoxy) is 3. The van der Waals surface area contributed by atoms with Crippen LogP contribution >= 0.6 is 11.6 Å². The van der Waals surface area contributed by atoms with Crippen LogP contribution in [0.25, 0.3) is 0 Å². The normalized spacial score (nSPS) is 12.8. The van der Waals surface area contributed by atoms with Crippen LogP contribution in [0.4, 0.5) is 0 Å². The predicted molar refractivity (Wildman–Crippen MR) is 107 cm³/mol. The first-order valence-electron chi connectivity index (χ1n) is 8.84. The number of carbonyl (C=O) groups is 1. The minimum atomic E-state index is -0.607. The van der Waals surface area contributed by atoms with E-state index in [1.165, 1.54) is 0 Å². The Morgan fingerprint density at radius 2 is 1.81 bits per heavy atom. The SMILES string of the molecule is CC[C@H](Oc1ccc(Cl)c(C)c1)C(=O)N[C@H](C)c1cc(OC)ccc1OC. The van der Waals surface area contributed by atoms with E-state index in [1.807, 2.05) is 45.0 Å². The van der Waals surface area contributed by atoms with Gasteiger partial charge in [0.05, 0.1) is 20.3 Å². The highest BCUT2D eigenvalue weighted by molar-refractivity contribution is 6.31. The summed E-state index contributed by atoms with van der Waals surface area (Å²) >= 11 is 6.05. The summed E-state index contributed by atoms with van der Waals surface area (Å²) in [4.78, 5) is 12.7. The zero-order chi connectivity index (χ0) is 20.0. The fourth-order valence-electron chi connectivity index (χ4n) is 2.74. The molecule has 0 spiro atoms. The molecule has 0 saturated carbocycles. The van der Waals surface area contributed by atoms with Gasteiger partial charge in [0, 0.05) is 10.6 Å². The summed E-state index contributed by atoms with van der Waals surface area (Å²) in [5.41, 5.74) is 1.74. The van der Waals surface area contributed by atoms with Crippen molar-refractivity contribution in [1.29, 1.82) is 0 Å². The zero-order valence-electron chi connectivity index (χ0n) is 16.3. The molecule has 1 N–H and O–H groups in total. The molecule has 0 heterocycles. The van der Waals surface area contributed by atoms with E-state index >= 15 is 0 Å². The Morgan fingerprint density at radius 1 is 1.11 bits per heavy atom. The summed E-state index contributed by atoms with van der Waals surface area (Å²) in [6, 6.07) is 10.6. The molecule has 1 amide bonds. The highest BCUT2D eigenvalue weighted by atomic mass is 35.5. The molecule has 146 valence electrons. The van der Waals surface area contributed by atoms with Gasteiger partial charge < -0.3 is 19.5 Å². The molecule has 2 rings (SSSR count). The van der Waals surface area contributed by atoms with Crippen molar-refractivity contribution in [3.8, 4) is 17.2 Å². The van der Waals surface area contributed by atoms with Crippen molar-refractivity contribution >= 4 is 17.5 Å². The van der Waals surface area contributed by atoms with E-state index in [-0.39, 0.29) is 11.9 Å². The van der Waals surface area contributed by atoms with Crippen LogP contribution in [0.1, 0.15) is 37.4 Å². The lowest BCUT2D eigenvalue weighted by atomic mass is 10.1. The standard InChI is InChI=1S/C21H26ClNO4/c1-6-19(27-16-7-9-18(22)13(2)11-16)21(24)23-14(3)17-12-15(25-4)8-10-20(17)26-5/h7-12,14,19H,6H2,1-5H3,(H,23,24)/t14-,19+/m1/s1. The fourth-order valence-corrected chi connectivity index (χ4v) is 2.86. The molecule has 27 heavy (non-hydrogen) atoms. The van der Waals surface area contributed by atoms with Crippen LogP contribution in [-0.2, 0) is 4.79 Å². The number of rotatable bonds is 8. The van der Waals surface area contributed by atoms with Gasteiger partial charge in [0.1, 0.15) is 17.2 Å². The maximum absolute atomic E-state index is 12.7. The van der Waals surface area contributed by atoms with E-state index in [4.69, 9.17) is 25.8 Å². The number of halogens is 1. The third-order valence-corrected chi connectivity index (χ3v) is 4.76. The second kappa shape index (κ2) is 9.51. The number of methoxy groups -OCH3 is 2. The molecule has 2 aromatic rings. The quantitative estimate of drug-likeness (QED) is 0.708. The first-order chi connectivity index (χ1) is 12.9. The molecule has 0 aliphatic rings. The third kappa shape index (κ3) is 5.30. The Morgan fingerprint density at radius 3 is 2.41 bits per heavy atom. The Hall–Kier alpha value is -2.40. The maximum atomic E-state index is 12.7. The molecule has 0 aromatic heterocycles. The van der Waals surface area contributed by atoms with Gasteiger partial charge in [-0.25, -0.2) is 0 Å². The molecular formula is C21H26ClNO4. The topological polar surface area (TPSA) is 56.8 Å². The van der Waals surface area contributed by atoms with Crippen LogP contribution in [0.15, 0.2) is 36.4 Å². The van der Waals surface area contributed by atoms with Gasteiger partial charge in [0.2, 0.25) is 0 Å². The summed E-state index contributed by atoms with van der Waals surface area (Å²) in [5.74, 6) is 1.81. The predicted octanol–water partition coefficient (Wildman–Crippen LogP) is 4.70. The van der Waals surface area contributed by atoms with E-state index in [9.17, 15) is 4.79 Å². The fraction of sp³-hybridized carbons (Fsp3) is 0.381. The van der Waals surface area contributed by atoms with Gasteiger partial charge in [0.15, 0.2) is 6.10 Å². The van der Waals surface area contributed by atoms with Crippen molar-refractivity contribution in [3.63, 3.8) is 0 Å². The van der Waals surface area contributed by atoms with Crippen molar-refractivity contribution in [2.75, 3.05) is 14.2 Å². The van der Waals surface area contributed by atoms with Gasteiger partial charge in [-0.1, -0.05) is 18.5 Å². The lowest BCUT2D eigenvalue weighted by molar-refractivity contribution is -0.128. The monoisotopic (exact) mass is 391 g/mol. The van der Waals surface area contributed by atoms with Crippen LogP contribution in [0.3, 0.4) is 0 Å². The Labute approximate surface area is 165 Å². The smallest absolute Gasteiger partial charge is 0.261 e. The average Bonchev–Trinajstić information content (AvgIpc) is 2.67. The highest BCUT2D eigenvalue weighted by Gasteiger charge is 2.22. The number of hydrogen-bond donors (Lipinski definition) is 1. The van der Waals surface area contributed by atoms with Crippen LogP contribution < -0.4 is 19.5 Å². The number of carbonyl (C=O) groups excluding carboxylic acids is 1. The van der Waals surface area contributed by atoms with Crippen LogP contribution in [0.5, 0.6) is 17.2 Å². The summed E-state index contributed by atoms with van der Waals surface area (Å²) < 4.78 is 16.6. The van der Waals surface area contributed by atoms with E-state index < -0.39 is 6.10 Å². The Kier molecular flexibility index (Phi) is 7.36. The highest BCUT2D eigenvalue weighted by Crippen LogP contribution is 2.29. The van der Waals surface area contributed by atoms with E-state index in [0.29, 0.717) is 28.7 Å². The maximum Gasteiger partial charge on any atom is 0.261 e. The van der Waals surface area contributed by atoms with Gasteiger partial charge in [-0.15, -0.1) is 0 Å². The van der Waals surface area contributed by atoms with E-state index in [1.54, 1.807) is 26.4 Å². The van der Waals surface area contributed by atoms with E-state index in [2.05, 4.69) is 5.32 Å². The first kappa shape index (κ1) is 20.9. The molecule has 0 aliphatic carbocycles. The van der Waals surface area contributed by atoms with E-state index in [0.717, 1.165) is 11.1 Å². The van der Waals surface area contributed by atoms with Gasteiger partial charge in [-0.05, 0) is 62.2 Å². The van der Waals surface area contributed by atoms with Crippen LogP contribution in [0.2, 0.25) is 5.02 Å². The molecule has 6 heteroatoms. The number of benzene rings is 2. The average molecular weight is 392 g/mol. The number of nitrogens with one attached hydrogen (secondary N) is 1. The van der Waals surface area contributed by atoms with Gasteiger partial charge >= 0.3 is 0 Å². The summed E-state index contributed by atoms with van der Waals surface area (Å²) in [6.45, 7) is 5.70. The molecule has 0 radical (unpaired) electrons. The molecule has 0 saturated heterocycles. The molecule has 0 aliphatic heterocycles. The Bertz CT molecular complexity index is 794. The summed E-state index contributed by atoms with van der Waals surface area (Å²) in [6.07, 6.45) is -0.0697. The Balaban J connectivity index is 2.12. The number of hydrogen-bond acceptors (Lipinski definition) is 4. The lowest BCUT2D eigenvalue weighted by Crippen LogP contribution is -2.39. The molecule has 2 aromatic carbocycles. The molecule has 0 unspecified atom stereocenters. The van der Waals surface area contributed by atoms with Crippen LogP contribution in [-0.4, -0.2) is 26.2 Å². The zero-order valence-corrected chi connectivity index (χ0v) is 17.1. The van der Waals surface area contributed by atoms with Gasteiger partial charge in [0.25, 0.3) is 5.91 Å². The summed E-state index contributed by atoms with van der Waals surface area (Å²) in [5, 5.41) is 3.66. The van der Waals surface area contributed by atoms with Crippen molar-refractivity contribution in [1.82, 2.24) is 5.32 Å². The van der Waals surface area contributed by atoms with Gasteiger partial charge in [-0.2, -0.15) is 0 Å². The molecule has 2 atom stereocenters. The summed E-state index contributed by atoms with van der Waals surface area (Å²) in [7, 11) is 3.20. The van der Waals surface area contributed by atoms with Crippen molar-refractivity contribution in [2.24, 2.45) is 0 Å². The minimum absolute atomic E-state index is 0.192. The van der Waals surface area contributed by atoms with Crippen molar-refractivity contribution in [2.45, 2.75) is 39.3 Å². The first-order valence-corrected chi connectivity index (χ1v) is 9.22. The second-order valence-electron chi connectivity index (χ2n) is 6.26. The van der Waals surface area contributed by atoms with Gasteiger partial charge in [-0.3, -0.25) is 4.79 Å². The lowest BCUT2D eigenvalue weighted by Gasteiger charge is -2.22. The van der Waals surface area contributed by atoms with Crippen molar-refractivity contribution in [3.05, 3.63) is 52.5 Å². The van der Waals surface area contributed by atoms with Crippen molar-refractivity contribution < 1.29 is 19.0 Å². The molecule has 0 bridgehead atoms. The minimum Gasteiger partial charge on any atom is -0.497 e. The second-order valence-corrected chi connectivity index (χ2v) is 6.67. The molecule has 5 nitrogen and oxygen atoms in total. The largest absolute Gasteiger partial charge is 0.497 e. The number of aryl methyl sites for hydroxylation is 1. The van der Waals surface area contributed by atoms with Crippen LogP contribution in [0, 0.1) is 6.92 Å². The third-order valence-electron chi connectivity index (χ3n) is 4.33. The molecular weight excluding hydrogens is 366 g/mol. The number of amides is 1. The molecule has 0 fully saturated rings.